The number of anilines is 1. The second-order valence-electron chi connectivity index (χ2n) is 5.11. The van der Waals surface area contributed by atoms with Gasteiger partial charge in [-0.2, -0.15) is 0 Å². The molecule has 2 unspecified atom stereocenters. The molecule has 1 aromatic rings. The number of carbonyl (C=O) groups excluding carboxylic acids is 1. The largest absolute Gasteiger partial charge is 0.507 e. The molecule has 2 atom stereocenters. The molecule has 0 spiro atoms. The normalized spacial score (nSPS) is 22.3. The highest BCUT2D eigenvalue weighted by Gasteiger charge is 2.33. The maximum absolute atomic E-state index is 11.2. The Labute approximate surface area is 102 Å². The summed E-state index contributed by atoms with van der Waals surface area (Å²) in [5.74, 6) is 1.57. The number of hydrogen-bond donors (Lipinski definition) is 1. The van der Waals surface area contributed by atoms with Crippen LogP contribution < -0.4 is 4.90 Å². The van der Waals surface area contributed by atoms with Crippen molar-refractivity contribution in [1.82, 2.24) is 0 Å². The number of Topliss-reactive ketones (excluding diaryl/α,β-unsaturated/α-hetero) is 1. The van der Waals surface area contributed by atoms with E-state index in [2.05, 4.69) is 11.8 Å². The third-order valence-corrected chi connectivity index (χ3v) is 3.59. The van der Waals surface area contributed by atoms with E-state index in [9.17, 15) is 9.90 Å². The van der Waals surface area contributed by atoms with Crippen LogP contribution in [-0.2, 0) is 0 Å². The Hall–Kier alpha value is -1.51. The summed E-state index contributed by atoms with van der Waals surface area (Å²) in [7, 11) is 2.02. The van der Waals surface area contributed by atoms with Crippen molar-refractivity contribution in [3.05, 3.63) is 23.8 Å². The van der Waals surface area contributed by atoms with Crippen LogP contribution in [0.25, 0.3) is 0 Å². The van der Waals surface area contributed by atoms with Gasteiger partial charge in [-0.25, -0.2) is 0 Å². The van der Waals surface area contributed by atoms with Crippen molar-refractivity contribution in [2.24, 2.45) is 11.8 Å². The van der Waals surface area contributed by atoms with Gasteiger partial charge in [-0.3, -0.25) is 4.79 Å². The molecular formula is C14H19NO2. The van der Waals surface area contributed by atoms with Gasteiger partial charge in [0.2, 0.25) is 0 Å². The lowest BCUT2D eigenvalue weighted by Crippen LogP contribution is -2.20. The van der Waals surface area contributed by atoms with E-state index in [1.165, 1.54) is 13.3 Å². The molecule has 1 fully saturated rings. The Bertz CT molecular complexity index is 442. The van der Waals surface area contributed by atoms with Gasteiger partial charge in [0, 0.05) is 25.3 Å². The summed E-state index contributed by atoms with van der Waals surface area (Å²) >= 11 is 0. The number of hydrogen-bond acceptors (Lipinski definition) is 3. The maximum Gasteiger partial charge on any atom is 0.163 e. The molecule has 3 nitrogen and oxygen atoms in total. The molecule has 0 heterocycles. The fraction of sp³-hybridized carbons (Fsp3) is 0.500. The Morgan fingerprint density at radius 1 is 1.53 bits per heavy atom. The number of benzene rings is 1. The molecule has 17 heavy (non-hydrogen) atoms. The van der Waals surface area contributed by atoms with Gasteiger partial charge in [0.05, 0.1) is 5.56 Å². The number of rotatable bonds is 4. The summed E-state index contributed by atoms with van der Waals surface area (Å²) in [5.41, 5.74) is 1.36. The molecule has 92 valence electrons. The number of carbonyl (C=O) groups is 1. The first-order valence-corrected chi connectivity index (χ1v) is 6.04. The number of phenolic OH excluding ortho intramolecular Hbond substituents is 1. The third kappa shape index (κ3) is 2.60. The van der Waals surface area contributed by atoms with Crippen molar-refractivity contribution in [2.45, 2.75) is 20.3 Å². The van der Waals surface area contributed by atoms with Crippen LogP contribution in [0.4, 0.5) is 5.69 Å². The van der Waals surface area contributed by atoms with Crippen LogP contribution in [0.15, 0.2) is 18.2 Å². The van der Waals surface area contributed by atoms with Crippen LogP contribution in [0.2, 0.25) is 0 Å². The van der Waals surface area contributed by atoms with Gasteiger partial charge in [-0.1, -0.05) is 6.92 Å². The van der Waals surface area contributed by atoms with E-state index in [0.717, 1.165) is 24.1 Å². The lowest BCUT2D eigenvalue weighted by atomic mass is 10.1. The van der Waals surface area contributed by atoms with E-state index in [-0.39, 0.29) is 11.5 Å². The quantitative estimate of drug-likeness (QED) is 0.813. The minimum absolute atomic E-state index is 0.0747. The predicted molar refractivity (Wildman–Crippen MR) is 68.7 cm³/mol. The van der Waals surface area contributed by atoms with Crippen molar-refractivity contribution in [3.63, 3.8) is 0 Å². The first kappa shape index (κ1) is 12.0. The van der Waals surface area contributed by atoms with Gasteiger partial charge < -0.3 is 10.0 Å². The zero-order valence-electron chi connectivity index (χ0n) is 10.6. The van der Waals surface area contributed by atoms with Crippen molar-refractivity contribution >= 4 is 11.5 Å². The summed E-state index contributed by atoms with van der Waals surface area (Å²) in [6.07, 6.45) is 1.29. The average Bonchev–Trinajstić information content (AvgIpc) is 2.93. The van der Waals surface area contributed by atoms with Gasteiger partial charge in [-0.15, -0.1) is 0 Å². The molecule has 1 aromatic carbocycles. The van der Waals surface area contributed by atoms with Gasteiger partial charge in [0.15, 0.2) is 5.78 Å². The Morgan fingerprint density at radius 2 is 2.18 bits per heavy atom. The lowest BCUT2D eigenvalue weighted by molar-refractivity contribution is 0.101. The predicted octanol–water partition coefficient (Wildman–Crippen LogP) is 2.69. The molecular weight excluding hydrogens is 214 g/mol. The molecule has 1 aliphatic rings. The maximum atomic E-state index is 11.2. The van der Waals surface area contributed by atoms with Crippen molar-refractivity contribution in [3.8, 4) is 5.75 Å². The van der Waals surface area contributed by atoms with E-state index in [4.69, 9.17) is 0 Å². The molecule has 0 bridgehead atoms. The second-order valence-corrected chi connectivity index (χ2v) is 5.11. The van der Waals surface area contributed by atoms with Gasteiger partial charge in [0.1, 0.15) is 5.75 Å². The molecule has 2 rings (SSSR count). The van der Waals surface area contributed by atoms with Crippen LogP contribution in [0.1, 0.15) is 30.6 Å². The van der Waals surface area contributed by atoms with E-state index in [1.54, 1.807) is 12.1 Å². The highest BCUT2D eigenvalue weighted by Crippen LogP contribution is 2.39. The van der Waals surface area contributed by atoms with Gasteiger partial charge in [0.25, 0.3) is 0 Å². The Morgan fingerprint density at radius 3 is 2.65 bits per heavy atom. The van der Waals surface area contributed by atoms with Gasteiger partial charge in [-0.05, 0) is 37.3 Å². The molecule has 0 amide bonds. The fourth-order valence-electron chi connectivity index (χ4n) is 2.17. The van der Waals surface area contributed by atoms with Crippen molar-refractivity contribution in [1.29, 1.82) is 0 Å². The fourth-order valence-corrected chi connectivity index (χ4v) is 2.17. The van der Waals surface area contributed by atoms with Crippen LogP contribution in [-0.4, -0.2) is 24.5 Å². The minimum Gasteiger partial charge on any atom is -0.507 e. The first-order chi connectivity index (χ1) is 7.99. The standard InChI is InChI=1S/C14H19NO2/c1-9-6-11(9)8-15(3)12-4-5-13(10(2)16)14(17)7-12/h4-5,7,9,11,17H,6,8H2,1-3H3. The smallest absolute Gasteiger partial charge is 0.163 e. The number of ketones is 1. The van der Waals surface area contributed by atoms with Gasteiger partial charge >= 0.3 is 0 Å². The molecule has 0 saturated heterocycles. The molecule has 3 heteroatoms. The van der Waals surface area contributed by atoms with E-state index >= 15 is 0 Å². The molecule has 0 aromatic heterocycles. The summed E-state index contributed by atoms with van der Waals surface area (Å²) in [6.45, 7) is 4.74. The number of phenols is 1. The molecule has 1 aliphatic carbocycles. The second kappa shape index (κ2) is 4.40. The monoisotopic (exact) mass is 233 g/mol. The minimum atomic E-state index is -0.104. The summed E-state index contributed by atoms with van der Waals surface area (Å²) < 4.78 is 0. The van der Waals surface area contributed by atoms with Crippen molar-refractivity contribution in [2.75, 3.05) is 18.5 Å². The topological polar surface area (TPSA) is 40.5 Å². The summed E-state index contributed by atoms with van der Waals surface area (Å²) in [4.78, 5) is 13.3. The van der Waals surface area contributed by atoms with E-state index in [1.807, 2.05) is 13.1 Å². The highest BCUT2D eigenvalue weighted by molar-refractivity contribution is 5.97. The molecule has 1 N–H and O–H groups in total. The lowest BCUT2D eigenvalue weighted by Gasteiger charge is -2.20. The molecule has 1 saturated carbocycles. The van der Waals surface area contributed by atoms with Crippen LogP contribution >= 0.6 is 0 Å². The van der Waals surface area contributed by atoms with Crippen LogP contribution in [0.5, 0.6) is 5.75 Å². The van der Waals surface area contributed by atoms with Crippen LogP contribution in [0, 0.1) is 11.8 Å². The zero-order chi connectivity index (χ0) is 12.6. The Balaban J connectivity index is 2.10. The SMILES string of the molecule is CC(=O)c1ccc(N(C)CC2CC2C)cc1O. The number of aromatic hydroxyl groups is 1. The zero-order valence-corrected chi connectivity index (χ0v) is 10.6. The van der Waals surface area contributed by atoms with Crippen molar-refractivity contribution < 1.29 is 9.90 Å². The third-order valence-electron chi connectivity index (χ3n) is 3.59. The molecule has 0 aliphatic heterocycles. The van der Waals surface area contributed by atoms with E-state index in [0.29, 0.717) is 5.56 Å². The Kier molecular flexibility index (Phi) is 3.09. The number of nitrogens with zero attached hydrogens (tertiary/aromatic N) is 1. The molecule has 0 radical (unpaired) electrons. The summed E-state index contributed by atoms with van der Waals surface area (Å²) in [6, 6.07) is 5.26. The van der Waals surface area contributed by atoms with Crippen LogP contribution in [0.3, 0.4) is 0 Å². The van der Waals surface area contributed by atoms with E-state index < -0.39 is 0 Å². The first-order valence-electron chi connectivity index (χ1n) is 6.04. The average molecular weight is 233 g/mol. The highest BCUT2D eigenvalue weighted by atomic mass is 16.3. The summed E-state index contributed by atoms with van der Waals surface area (Å²) in [5, 5.41) is 9.76.